The van der Waals surface area contributed by atoms with E-state index in [0.717, 1.165) is 11.1 Å². The highest BCUT2D eigenvalue weighted by Crippen LogP contribution is 2.21. The summed E-state index contributed by atoms with van der Waals surface area (Å²) in [7, 11) is 0. The summed E-state index contributed by atoms with van der Waals surface area (Å²) in [6.07, 6.45) is 0.991. The average Bonchev–Trinajstić information content (AvgIpc) is 2.75. The topological polar surface area (TPSA) is 49.4 Å². The zero-order valence-corrected chi connectivity index (χ0v) is 19.8. The molecule has 0 aliphatic carbocycles. The highest BCUT2D eigenvalue weighted by molar-refractivity contribution is 5.89. The van der Waals surface area contributed by atoms with E-state index in [2.05, 4.69) is 29.6 Å². The predicted molar refractivity (Wildman–Crippen MR) is 131 cm³/mol. The molecular formula is C28H34N2O2. The molecule has 168 valence electrons. The van der Waals surface area contributed by atoms with Crippen LogP contribution < -0.4 is 5.32 Å². The molecule has 0 heterocycles. The van der Waals surface area contributed by atoms with Crippen molar-refractivity contribution in [3.05, 3.63) is 83.4 Å². The van der Waals surface area contributed by atoms with Crippen LogP contribution in [0.5, 0.6) is 0 Å². The Hall–Kier alpha value is -3.14. The first-order valence-electron chi connectivity index (χ1n) is 11.3. The van der Waals surface area contributed by atoms with Crippen molar-refractivity contribution in [3.63, 3.8) is 0 Å². The molecule has 3 rings (SSSR count). The minimum absolute atomic E-state index is 0.0185. The first kappa shape index (κ1) is 23.5. The Morgan fingerprint density at radius 1 is 0.938 bits per heavy atom. The van der Waals surface area contributed by atoms with Gasteiger partial charge in [0, 0.05) is 18.5 Å². The van der Waals surface area contributed by atoms with E-state index in [1.54, 1.807) is 4.90 Å². The van der Waals surface area contributed by atoms with Crippen LogP contribution in [0.25, 0.3) is 10.8 Å². The summed E-state index contributed by atoms with van der Waals surface area (Å²) < 4.78 is 0. The molecule has 0 radical (unpaired) electrons. The van der Waals surface area contributed by atoms with Crippen molar-refractivity contribution in [2.45, 2.75) is 65.6 Å². The maximum absolute atomic E-state index is 13.4. The number of benzene rings is 3. The quantitative estimate of drug-likeness (QED) is 0.545. The van der Waals surface area contributed by atoms with E-state index in [9.17, 15) is 9.59 Å². The largest absolute Gasteiger partial charge is 0.350 e. The molecule has 0 aliphatic rings. The SMILES string of the molecule is Cc1ccc(CN(C(=O)CCc2cccc3ccccc23)[C@@H](C)C(=O)NC(C)(C)C)cc1. The van der Waals surface area contributed by atoms with E-state index in [1.807, 2.05) is 77.1 Å². The number of rotatable bonds is 7. The molecule has 0 fully saturated rings. The fraction of sp³-hybridized carbons (Fsp3) is 0.357. The van der Waals surface area contributed by atoms with E-state index in [1.165, 1.54) is 16.3 Å². The molecule has 0 bridgehead atoms. The number of nitrogens with one attached hydrogen (secondary N) is 1. The molecule has 3 aromatic carbocycles. The standard InChI is InChI=1S/C28H34N2O2/c1-20-13-15-22(16-14-20)19-30(21(2)27(32)29-28(3,4)5)26(31)18-17-24-11-8-10-23-9-6-7-12-25(23)24/h6-16,21H,17-19H2,1-5H3,(H,29,32)/t21-/m0/s1. The molecule has 3 aromatic rings. The summed E-state index contributed by atoms with van der Waals surface area (Å²) in [5.74, 6) is -0.154. The monoisotopic (exact) mass is 430 g/mol. The van der Waals surface area contributed by atoms with Crippen LogP contribution in [0, 0.1) is 6.92 Å². The molecule has 0 saturated heterocycles. The summed E-state index contributed by atoms with van der Waals surface area (Å²) in [6.45, 7) is 10.1. The Kier molecular flexibility index (Phi) is 7.34. The number of hydrogen-bond acceptors (Lipinski definition) is 2. The van der Waals surface area contributed by atoms with Crippen molar-refractivity contribution < 1.29 is 9.59 Å². The average molecular weight is 431 g/mol. The van der Waals surface area contributed by atoms with Crippen molar-refractivity contribution in [1.82, 2.24) is 10.2 Å². The van der Waals surface area contributed by atoms with Gasteiger partial charge >= 0.3 is 0 Å². The fourth-order valence-electron chi connectivity index (χ4n) is 3.84. The second kappa shape index (κ2) is 9.99. The summed E-state index contributed by atoms with van der Waals surface area (Å²) in [6, 6.07) is 22.0. The van der Waals surface area contributed by atoms with Crippen LogP contribution >= 0.6 is 0 Å². The van der Waals surface area contributed by atoms with Crippen LogP contribution in [0.4, 0.5) is 0 Å². The Bertz CT molecular complexity index is 1080. The van der Waals surface area contributed by atoms with Crippen LogP contribution in [0.3, 0.4) is 0 Å². The molecule has 4 nitrogen and oxygen atoms in total. The molecule has 1 N–H and O–H groups in total. The Morgan fingerprint density at radius 2 is 1.59 bits per heavy atom. The molecule has 4 heteroatoms. The molecule has 2 amide bonds. The van der Waals surface area contributed by atoms with Crippen LogP contribution in [-0.2, 0) is 22.6 Å². The maximum atomic E-state index is 13.4. The zero-order chi connectivity index (χ0) is 23.3. The van der Waals surface area contributed by atoms with Gasteiger partial charge in [-0.05, 0) is 62.9 Å². The zero-order valence-electron chi connectivity index (χ0n) is 19.8. The van der Waals surface area contributed by atoms with Gasteiger partial charge in [0.25, 0.3) is 0 Å². The number of carbonyl (C=O) groups excluding carboxylic acids is 2. The van der Waals surface area contributed by atoms with Crippen LogP contribution in [0.2, 0.25) is 0 Å². The van der Waals surface area contributed by atoms with Gasteiger partial charge in [0.15, 0.2) is 0 Å². The van der Waals surface area contributed by atoms with Crippen LogP contribution in [-0.4, -0.2) is 28.3 Å². The Balaban J connectivity index is 1.80. The summed E-state index contributed by atoms with van der Waals surface area (Å²) in [5, 5.41) is 5.36. The van der Waals surface area contributed by atoms with E-state index in [0.29, 0.717) is 19.4 Å². The smallest absolute Gasteiger partial charge is 0.242 e. The molecular weight excluding hydrogens is 396 g/mol. The van der Waals surface area contributed by atoms with E-state index >= 15 is 0 Å². The van der Waals surface area contributed by atoms with E-state index in [4.69, 9.17) is 0 Å². The van der Waals surface area contributed by atoms with Gasteiger partial charge in [-0.15, -0.1) is 0 Å². The lowest BCUT2D eigenvalue weighted by Gasteiger charge is -2.31. The highest BCUT2D eigenvalue weighted by atomic mass is 16.2. The number of aryl methyl sites for hydroxylation is 2. The lowest BCUT2D eigenvalue weighted by atomic mass is 10.0. The minimum Gasteiger partial charge on any atom is -0.350 e. The third-order valence-corrected chi connectivity index (χ3v) is 5.63. The Labute approximate surface area is 191 Å². The lowest BCUT2D eigenvalue weighted by molar-refractivity contribution is -0.141. The maximum Gasteiger partial charge on any atom is 0.242 e. The summed E-state index contributed by atoms with van der Waals surface area (Å²) in [4.78, 5) is 28.0. The molecule has 0 saturated carbocycles. The van der Waals surface area contributed by atoms with Crippen molar-refractivity contribution in [1.29, 1.82) is 0 Å². The van der Waals surface area contributed by atoms with Crippen LogP contribution in [0.1, 0.15) is 50.8 Å². The van der Waals surface area contributed by atoms with Gasteiger partial charge in [0.1, 0.15) is 6.04 Å². The predicted octanol–water partition coefficient (Wildman–Crippen LogP) is 5.41. The normalized spacial score (nSPS) is 12.4. The van der Waals surface area contributed by atoms with Gasteiger partial charge in [-0.2, -0.15) is 0 Å². The molecule has 0 aromatic heterocycles. The molecule has 0 unspecified atom stereocenters. The Morgan fingerprint density at radius 3 is 2.28 bits per heavy atom. The first-order valence-corrected chi connectivity index (χ1v) is 11.3. The fourth-order valence-corrected chi connectivity index (χ4v) is 3.84. The van der Waals surface area contributed by atoms with Crippen molar-refractivity contribution in [3.8, 4) is 0 Å². The number of carbonyl (C=O) groups is 2. The van der Waals surface area contributed by atoms with Crippen LogP contribution in [0.15, 0.2) is 66.7 Å². The highest BCUT2D eigenvalue weighted by Gasteiger charge is 2.28. The van der Waals surface area contributed by atoms with E-state index < -0.39 is 6.04 Å². The van der Waals surface area contributed by atoms with Gasteiger partial charge < -0.3 is 10.2 Å². The third-order valence-electron chi connectivity index (χ3n) is 5.63. The van der Waals surface area contributed by atoms with Gasteiger partial charge in [-0.3, -0.25) is 9.59 Å². The van der Waals surface area contributed by atoms with Crippen molar-refractivity contribution in [2.24, 2.45) is 0 Å². The number of hydrogen-bond donors (Lipinski definition) is 1. The minimum atomic E-state index is -0.560. The molecule has 1 atom stereocenters. The number of nitrogens with zero attached hydrogens (tertiary/aromatic N) is 1. The second-order valence-corrected chi connectivity index (χ2v) is 9.56. The van der Waals surface area contributed by atoms with Gasteiger partial charge in [0.2, 0.25) is 11.8 Å². The van der Waals surface area contributed by atoms with Gasteiger partial charge in [0.05, 0.1) is 0 Å². The summed E-state index contributed by atoms with van der Waals surface area (Å²) >= 11 is 0. The third kappa shape index (κ3) is 6.19. The first-order chi connectivity index (χ1) is 15.1. The number of fused-ring (bicyclic) bond motifs is 1. The molecule has 32 heavy (non-hydrogen) atoms. The molecule has 0 aliphatic heterocycles. The lowest BCUT2D eigenvalue weighted by Crippen LogP contribution is -2.52. The molecule has 0 spiro atoms. The van der Waals surface area contributed by atoms with Crippen molar-refractivity contribution >= 4 is 22.6 Å². The van der Waals surface area contributed by atoms with Gasteiger partial charge in [-0.25, -0.2) is 0 Å². The number of amides is 2. The van der Waals surface area contributed by atoms with E-state index in [-0.39, 0.29) is 17.4 Å². The summed E-state index contributed by atoms with van der Waals surface area (Å²) in [5.41, 5.74) is 2.98. The van der Waals surface area contributed by atoms with Crippen molar-refractivity contribution in [2.75, 3.05) is 0 Å². The van der Waals surface area contributed by atoms with Gasteiger partial charge in [-0.1, -0.05) is 72.3 Å². The second-order valence-electron chi connectivity index (χ2n) is 9.56.